The number of nitrogens with zero attached hydrogens (tertiary/aromatic N) is 1. The molecule has 0 saturated heterocycles. The molecule has 1 aromatic rings. The summed E-state index contributed by atoms with van der Waals surface area (Å²) in [5.74, 6) is 0.0751. The first kappa shape index (κ1) is 12.5. The molecule has 0 spiro atoms. The summed E-state index contributed by atoms with van der Waals surface area (Å²) in [5.41, 5.74) is 2.65. The van der Waals surface area contributed by atoms with Gasteiger partial charge in [-0.25, -0.2) is 0 Å². The van der Waals surface area contributed by atoms with Gasteiger partial charge in [0.2, 0.25) is 0 Å². The molecule has 1 heterocycles. The maximum absolute atomic E-state index is 11.5. The monoisotopic (exact) mass is 259 g/mol. The number of hydrogen-bond acceptors (Lipinski definition) is 2. The van der Waals surface area contributed by atoms with Crippen molar-refractivity contribution in [3.63, 3.8) is 0 Å². The molecule has 3 nitrogen and oxygen atoms in total. The van der Waals surface area contributed by atoms with Crippen molar-refractivity contribution >= 4 is 11.7 Å². The Morgan fingerprint density at radius 2 is 2.16 bits per heavy atom. The van der Waals surface area contributed by atoms with Gasteiger partial charge in [0.05, 0.1) is 5.41 Å². The number of hydrogen-bond donors (Lipinski definition) is 1. The largest absolute Gasteiger partial charge is 0.481 e. The Labute approximate surface area is 114 Å². The Morgan fingerprint density at radius 3 is 2.79 bits per heavy atom. The van der Waals surface area contributed by atoms with Crippen LogP contribution in [-0.2, 0) is 16.6 Å². The van der Waals surface area contributed by atoms with E-state index in [0.29, 0.717) is 0 Å². The number of para-hydroxylation sites is 1. The second kappa shape index (κ2) is 4.26. The summed E-state index contributed by atoms with van der Waals surface area (Å²) in [5, 5.41) is 9.49. The standard InChI is InChI=1S/C16H21NO2/c1-16(2,15(18)19)13-5-3-4-12-8-9-17(14(12)13)10-11-6-7-11/h3-5,11H,6-10H2,1-2H3,(H,18,19). The molecule has 3 heteroatoms. The minimum absolute atomic E-state index is 0.751. The highest BCUT2D eigenvalue weighted by Crippen LogP contribution is 2.41. The van der Waals surface area contributed by atoms with Crippen LogP contribution in [-0.4, -0.2) is 24.2 Å². The van der Waals surface area contributed by atoms with Crippen LogP contribution < -0.4 is 4.90 Å². The molecule has 0 bridgehead atoms. The number of carboxylic acid groups (broad SMARTS) is 1. The van der Waals surface area contributed by atoms with Gasteiger partial charge in [-0.05, 0) is 50.2 Å². The van der Waals surface area contributed by atoms with Crippen molar-refractivity contribution < 1.29 is 9.90 Å². The van der Waals surface area contributed by atoms with Crippen molar-refractivity contribution in [2.45, 2.75) is 38.5 Å². The summed E-state index contributed by atoms with van der Waals surface area (Å²) in [6.07, 6.45) is 3.71. The number of fused-ring (bicyclic) bond motifs is 1. The Kier molecular flexibility index (Phi) is 2.80. The molecule has 1 N–H and O–H groups in total. The zero-order valence-corrected chi connectivity index (χ0v) is 11.6. The molecule has 1 aliphatic carbocycles. The van der Waals surface area contributed by atoms with Crippen LogP contribution in [0.25, 0.3) is 0 Å². The number of benzene rings is 1. The van der Waals surface area contributed by atoms with Crippen molar-refractivity contribution in [1.29, 1.82) is 0 Å². The molecule has 0 aromatic heterocycles. The van der Waals surface area contributed by atoms with Crippen LogP contribution in [0.2, 0.25) is 0 Å². The third-order valence-electron chi connectivity index (χ3n) is 4.47. The summed E-state index contributed by atoms with van der Waals surface area (Å²) in [6, 6.07) is 6.13. The van der Waals surface area contributed by atoms with Crippen LogP contribution in [0.15, 0.2) is 18.2 Å². The first-order valence-electron chi connectivity index (χ1n) is 7.11. The first-order valence-corrected chi connectivity index (χ1v) is 7.11. The number of carboxylic acids is 1. The van der Waals surface area contributed by atoms with Crippen LogP contribution in [0.1, 0.15) is 37.8 Å². The van der Waals surface area contributed by atoms with E-state index < -0.39 is 11.4 Å². The average Bonchev–Trinajstić information content (AvgIpc) is 3.09. The number of rotatable bonds is 4. The van der Waals surface area contributed by atoms with Crippen LogP contribution in [0.5, 0.6) is 0 Å². The van der Waals surface area contributed by atoms with Crippen molar-refractivity contribution in [1.82, 2.24) is 0 Å². The molecule has 1 aromatic carbocycles. The van der Waals surface area contributed by atoms with Crippen molar-refractivity contribution in [2.24, 2.45) is 5.92 Å². The molecule has 3 rings (SSSR count). The third-order valence-corrected chi connectivity index (χ3v) is 4.47. The van der Waals surface area contributed by atoms with Gasteiger partial charge < -0.3 is 10.0 Å². The van der Waals surface area contributed by atoms with Gasteiger partial charge in [0.25, 0.3) is 0 Å². The lowest BCUT2D eigenvalue weighted by Crippen LogP contribution is -2.32. The second-order valence-electron chi connectivity index (χ2n) is 6.38. The number of aliphatic carboxylic acids is 1. The zero-order valence-electron chi connectivity index (χ0n) is 11.6. The maximum atomic E-state index is 11.5. The van der Waals surface area contributed by atoms with E-state index in [1.807, 2.05) is 12.1 Å². The molecule has 1 aliphatic heterocycles. The molecule has 0 radical (unpaired) electrons. The van der Waals surface area contributed by atoms with Crippen LogP contribution in [0, 0.1) is 5.92 Å². The van der Waals surface area contributed by atoms with Crippen LogP contribution in [0.3, 0.4) is 0 Å². The molecule has 0 atom stereocenters. The molecule has 2 aliphatic rings. The summed E-state index contributed by atoms with van der Waals surface area (Å²) >= 11 is 0. The number of carbonyl (C=O) groups is 1. The van der Waals surface area contributed by atoms with Crippen molar-refractivity contribution in [3.8, 4) is 0 Å². The Morgan fingerprint density at radius 1 is 1.42 bits per heavy atom. The van der Waals surface area contributed by atoms with E-state index in [9.17, 15) is 9.90 Å². The number of anilines is 1. The van der Waals surface area contributed by atoms with Gasteiger partial charge in [-0.2, -0.15) is 0 Å². The predicted octanol–water partition coefficient (Wildman–Crippen LogP) is 2.82. The van der Waals surface area contributed by atoms with E-state index >= 15 is 0 Å². The summed E-state index contributed by atoms with van der Waals surface area (Å²) in [6.45, 7) is 5.75. The lowest BCUT2D eigenvalue weighted by Gasteiger charge is -2.28. The van der Waals surface area contributed by atoms with Crippen molar-refractivity contribution in [2.75, 3.05) is 18.0 Å². The second-order valence-corrected chi connectivity index (χ2v) is 6.38. The smallest absolute Gasteiger partial charge is 0.313 e. The first-order chi connectivity index (χ1) is 9.00. The molecule has 19 heavy (non-hydrogen) atoms. The van der Waals surface area contributed by atoms with Gasteiger partial charge in [-0.3, -0.25) is 4.79 Å². The maximum Gasteiger partial charge on any atom is 0.313 e. The van der Waals surface area contributed by atoms with E-state index in [1.54, 1.807) is 13.8 Å². The lowest BCUT2D eigenvalue weighted by atomic mass is 9.82. The Balaban J connectivity index is 2.02. The molecule has 0 unspecified atom stereocenters. The van der Waals surface area contributed by atoms with Gasteiger partial charge in [0.1, 0.15) is 0 Å². The molecule has 1 saturated carbocycles. The molecule has 102 valence electrons. The summed E-state index contributed by atoms with van der Waals surface area (Å²) in [7, 11) is 0. The van der Waals surface area contributed by atoms with Gasteiger partial charge >= 0.3 is 5.97 Å². The normalized spacial score (nSPS) is 18.5. The average molecular weight is 259 g/mol. The molecule has 1 fully saturated rings. The molecule has 0 amide bonds. The minimum atomic E-state index is -0.822. The molecular formula is C16H21NO2. The minimum Gasteiger partial charge on any atom is -0.481 e. The van der Waals surface area contributed by atoms with E-state index in [1.165, 1.54) is 24.1 Å². The van der Waals surface area contributed by atoms with E-state index in [0.717, 1.165) is 31.0 Å². The van der Waals surface area contributed by atoms with Gasteiger partial charge in [0, 0.05) is 18.8 Å². The Bertz CT molecular complexity index is 517. The Hall–Kier alpha value is -1.51. The van der Waals surface area contributed by atoms with E-state index in [4.69, 9.17) is 0 Å². The topological polar surface area (TPSA) is 40.5 Å². The quantitative estimate of drug-likeness (QED) is 0.904. The van der Waals surface area contributed by atoms with Crippen molar-refractivity contribution in [3.05, 3.63) is 29.3 Å². The highest BCUT2D eigenvalue weighted by atomic mass is 16.4. The van der Waals surface area contributed by atoms with Gasteiger partial charge in [-0.15, -0.1) is 0 Å². The molecular weight excluding hydrogens is 238 g/mol. The van der Waals surface area contributed by atoms with Crippen LogP contribution in [0.4, 0.5) is 5.69 Å². The fraction of sp³-hybridized carbons (Fsp3) is 0.562. The lowest BCUT2D eigenvalue weighted by molar-refractivity contribution is -0.142. The fourth-order valence-electron chi connectivity index (χ4n) is 2.95. The third kappa shape index (κ3) is 2.11. The van der Waals surface area contributed by atoms with E-state index in [-0.39, 0.29) is 0 Å². The SMILES string of the molecule is CC(C)(C(=O)O)c1cccc2c1N(CC1CC1)CC2. The predicted molar refractivity (Wildman–Crippen MR) is 75.7 cm³/mol. The highest BCUT2D eigenvalue weighted by Gasteiger charge is 2.37. The highest BCUT2D eigenvalue weighted by molar-refractivity contribution is 5.84. The van der Waals surface area contributed by atoms with E-state index in [2.05, 4.69) is 11.0 Å². The summed E-state index contributed by atoms with van der Waals surface area (Å²) < 4.78 is 0. The van der Waals surface area contributed by atoms with Gasteiger partial charge in [-0.1, -0.05) is 18.2 Å². The van der Waals surface area contributed by atoms with Crippen LogP contribution >= 0.6 is 0 Å². The zero-order chi connectivity index (χ0) is 13.6. The fourth-order valence-corrected chi connectivity index (χ4v) is 2.95. The van der Waals surface area contributed by atoms with Gasteiger partial charge in [0.15, 0.2) is 0 Å². The summed E-state index contributed by atoms with van der Waals surface area (Å²) in [4.78, 5) is 14.0.